The quantitative estimate of drug-likeness (QED) is 0.926. The minimum Gasteiger partial charge on any atom is -0.316 e. The summed E-state index contributed by atoms with van der Waals surface area (Å²) >= 11 is 0. The molecule has 1 saturated carbocycles. The molecule has 1 aliphatic rings. The van der Waals surface area contributed by atoms with E-state index in [9.17, 15) is 8.42 Å². The first kappa shape index (κ1) is 14.5. The molecule has 0 amide bonds. The first-order chi connectivity index (χ1) is 8.95. The van der Waals surface area contributed by atoms with Crippen LogP contribution in [0.25, 0.3) is 0 Å². The van der Waals surface area contributed by atoms with Crippen molar-refractivity contribution in [2.24, 2.45) is 5.92 Å². The molecule has 0 saturated heterocycles. The van der Waals surface area contributed by atoms with Gasteiger partial charge < -0.3 is 5.32 Å². The second-order valence-corrected chi connectivity index (χ2v) is 7.88. The van der Waals surface area contributed by atoms with Gasteiger partial charge in [-0.3, -0.25) is 0 Å². The lowest BCUT2D eigenvalue weighted by molar-refractivity contribution is 0.319. The predicted octanol–water partition coefficient (Wildman–Crippen LogP) is 2.55. The Bertz CT molecular complexity index is 522. The number of nitrogens with one attached hydrogen (secondary N) is 1. The molecule has 1 fully saturated rings. The maximum absolute atomic E-state index is 12.8. The summed E-state index contributed by atoms with van der Waals surface area (Å²) in [5, 5.41) is 2.88. The van der Waals surface area contributed by atoms with Gasteiger partial charge in [0, 0.05) is 6.04 Å². The van der Waals surface area contributed by atoms with E-state index in [2.05, 4.69) is 12.2 Å². The molecule has 3 atom stereocenters. The topological polar surface area (TPSA) is 46.2 Å². The largest absolute Gasteiger partial charge is 0.316 e. The van der Waals surface area contributed by atoms with Crippen LogP contribution in [0.4, 0.5) is 0 Å². The van der Waals surface area contributed by atoms with Crippen molar-refractivity contribution in [3.8, 4) is 0 Å². The normalized spacial score (nSPS) is 28.3. The lowest BCUT2D eigenvalue weighted by atomic mass is 9.87. The van der Waals surface area contributed by atoms with Crippen molar-refractivity contribution in [2.75, 3.05) is 7.05 Å². The first-order valence-electron chi connectivity index (χ1n) is 6.93. The molecule has 0 heterocycles. The maximum Gasteiger partial charge on any atom is 0.182 e. The van der Waals surface area contributed by atoms with Crippen LogP contribution in [0, 0.1) is 12.8 Å². The fourth-order valence-corrected chi connectivity index (χ4v) is 5.06. The van der Waals surface area contributed by atoms with Crippen LogP contribution < -0.4 is 5.32 Å². The van der Waals surface area contributed by atoms with Gasteiger partial charge in [-0.1, -0.05) is 24.6 Å². The van der Waals surface area contributed by atoms with Gasteiger partial charge in [0.1, 0.15) is 0 Å². The van der Waals surface area contributed by atoms with Crippen LogP contribution in [0.5, 0.6) is 0 Å². The highest BCUT2D eigenvalue weighted by atomic mass is 32.2. The summed E-state index contributed by atoms with van der Waals surface area (Å²) in [5.41, 5.74) is 1.08. The van der Waals surface area contributed by atoms with Crippen molar-refractivity contribution in [2.45, 2.75) is 49.3 Å². The molecule has 19 heavy (non-hydrogen) atoms. The Morgan fingerprint density at radius 3 is 2.37 bits per heavy atom. The van der Waals surface area contributed by atoms with E-state index >= 15 is 0 Å². The molecule has 1 N–H and O–H groups in total. The van der Waals surface area contributed by atoms with Gasteiger partial charge in [0.2, 0.25) is 0 Å². The Balaban J connectivity index is 2.33. The molecule has 2 rings (SSSR count). The third-order valence-electron chi connectivity index (χ3n) is 4.17. The Hall–Kier alpha value is -0.870. The first-order valence-corrected chi connectivity index (χ1v) is 8.47. The van der Waals surface area contributed by atoms with E-state index in [-0.39, 0.29) is 11.3 Å². The minimum atomic E-state index is -3.24. The monoisotopic (exact) mass is 281 g/mol. The Morgan fingerprint density at radius 2 is 1.79 bits per heavy atom. The van der Waals surface area contributed by atoms with Gasteiger partial charge in [-0.25, -0.2) is 8.42 Å². The zero-order valence-electron chi connectivity index (χ0n) is 11.9. The van der Waals surface area contributed by atoms with Crippen molar-refractivity contribution in [3.05, 3.63) is 29.8 Å². The standard InChI is InChI=1S/C15H23NO2S/c1-11-4-7-13(8-5-11)19(17,18)15-10-12(2)6-9-14(15)16-3/h4-5,7-8,12,14-16H,6,9-10H2,1-3H3. The van der Waals surface area contributed by atoms with Gasteiger partial charge in [-0.15, -0.1) is 0 Å². The van der Waals surface area contributed by atoms with E-state index in [0.717, 1.165) is 24.8 Å². The molecule has 0 bridgehead atoms. The second kappa shape index (κ2) is 5.63. The van der Waals surface area contributed by atoms with Crippen LogP contribution in [-0.4, -0.2) is 26.8 Å². The van der Waals surface area contributed by atoms with E-state index in [0.29, 0.717) is 10.8 Å². The van der Waals surface area contributed by atoms with Crippen molar-refractivity contribution in [3.63, 3.8) is 0 Å². The van der Waals surface area contributed by atoms with E-state index in [4.69, 9.17) is 0 Å². The van der Waals surface area contributed by atoms with Gasteiger partial charge in [0.05, 0.1) is 10.1 Å². The molecular weight excluding hydrogens is 258 g/mol. The molecule has 4 heteroatoms. The fourth-order valence-electron chi connectivity index (χ4n) is 2.90. The molecule has 0 spiro atoms. The zero-order valence-corrected chi connectivity index (χ0v) is 12.7. The van der Waals surface area contributed by atoms with Gasteiger partial charge in [0.15, 0.2) is 9.84 Å². The van der Waals surface area contributed by atoms with Crippen molar-refractivity contribution in [1.82, 2.24) is 5.32 Å². The van der Waals surface area contributed by atoms with Crippen LogP contribution in [-0.2, 0) is 9.84 Å². The van der Waals surface area contributed by atoms with Gasteiger partial charge in [-0.2, -0.15) is 0 Å². The van der Waals surface area contributed by atoms with Crippen LogP contribution in [0.1, 0.15) is 31.7 Å². The number of benzene rings is 1. The maximum atomic E-state index is 12.8. The average molecular weight is 281 g/mol. The Labute approximate surface area is 116 Å². The van der Waals surface area contributed by atoms with Crippen molar-refractivity contribution < 1.29 is 8.42 Å². The third-order valence-corrected chi connectivity index (χ3v) is 6.42. The van der Waals surface area contributed by atoms with E-state index in [1.165, 1.54) is 0 Å². The zero-order chi connectivity index (χ0) is 14.0. The number of hydrogen-bond donors (Lipinski definition) is 1. The molecule has 1 aromatic carbocycles. The number of rotatable bonds is 3. The van der Waals surface area contributed by atoms with E-state index in [1.807, 2.05) is 26.1 Å². The summed E-state index contributed by atoms with van der Waals surface area (Å²) in [6, 6.07) is 7.27. The number of hydrogen-bond acceptors (Lipinski definition) is 3. The van der Waals surface area contributed by atoms with Gasteiger partial charge >= 0.3 is 0 Å². The SMILES string of the molecule is CNC1CCC(C)CC1S(=O)(=O)c1ccc(C)cc1. The van der Waals surface area contributed by atoms with Crippen LogP contribution >= 0.6 is 0 Å². The van der Waals surface area contributed by atoms with E-state index < -0.39 is 9.84 Å². The summed E-state index contributed by atoms with van der Waals surface area (Å²) in [6.07, 6.45) is 2.79. The second-order valence-electron chi connectivity index (χ2n) is 5.71. The average Bonchev–Trinajstić information content (AvgIpc) is 2.39. The molecular formula is C15H23NO2S. The van der Waals surface area contributed by atoms with Crippen molar-refractivity contribution >= 4 is 9.84 Å². The lowest BCUT2D eigenvalue weighted by Crippen LogP contribution is -2.46. The van der Waals surface area contributed by atoms with Gasteiger partial charge in [0.25, 0.3) is 0 Å². The molecule has 106 valence electrons. The molecule has 3 unspecified atom stereocenters. The third kappa shape index (κ3) is 3.00. The highest BCUT2D eigenvalue weighted by Crippen LogP contribution is 2.32. The molecule has 0 aromatic heterocycles. The molecule has 1 aliphatic carbocycles. The van der Waals surface area contributed by atoms with Crippen LogP contribution in [0.15, 0.2) is 29.2 Å². The summed E-state index contributed by atoms with van der Waals surface area (Å²) in [4.78, 5) is 0.456. The Morgan fingerprint density at radius 1 is 1.16 bits per heavy atom. The summed E-state index contributed by atoms with van der Waals surface area (Å²) in [5.74, 6) is 0.481. The smallest absolute Gasteiger partial charge is 0.182 e. The minimum absolute atomic E-state index is 0.0718. The number of sulfone groups is 1. The van der Waals surface area contributed by atoms with E-state index in [1.54, 1.807) is 12.1 Å². The lowest BCUT2D eigenvalue weighted by Gasteiger charge is -2.34. The van der Waals surface area contributed by atoms with Crippen LogP contribution in [0.2, 0.25) is 0 Å². The molecule has 1 aromatic rings. The number of aryl methyl sites for hydroxylation is 1. The highest BCUT2D eigenvalue weighted by molar-refractivity contribution is 7.92. The molecule has 0 aliphatic heterocycles. The molecule has 0 radical (unpaired) electrons. The fraction of sp³-hybridized carbons (Fsp3) is 0.600. The summed E-state index contributed by atoms with van der Waals surface area (Å²) in [7, 11) is -1.38. The Kier molecular flexibility index (Phi) is 4.31. The molecule has 3 nitrogen and oxygen atoms in total. The summed E-state index contributed by atoms with van der Waals surface area (Å²) in [6.45, 7) is 4.11. The van der Waals surface area contributed by atoms with Crippen LogP contribution in [0.3, 0.4) is 0 Å². The highest BCUT2D eigenvalue weighted by Gasteiger charge is 2.37. The predicted molar refractivity (Wildman–Crippen MR) is 78.0 cm³/mol. The van der Waals surface area contributed by atoms with Crippen molar-refractivity contribution in [1.29, 1.82) is 0 Å². The summed E-state index contributed by atoms with van der Waals surface area (Å²) < 4.78 is 25.5. The van der Waals surface area contributed by atoms with Gasteiger partial charge in [-0.05, 0) is 51.3 Å².